The second kappa shape index (κ2) is 5.58. The highest BCUT2D eigenvalue weighted by Gasteiger charge is 2.14. The van der Waals surface area contributed by atoms with Gasteiger partial charge in [-0.05, 0) is 13.0 Å². The molecule has 0 saturated heterocycles. The molecule has 0 radical (unpaired) electrons. The highest BCUT2D eigenvalue weighted by molar-refractivity contribution is 5.48. The highest BCUT2D eigenvalue weighted by Crippen LogP contribution is 2.33. The Labute approximate surface area is 90.2 Å². The van der Waals surface area contributed by atoms with Crippen LogP contribution in [0.2, 0.25) is 0 Å². The Morgan fingerprint density at radius 1 is 1.40 bits per heavy atom. The second-order valence-corrected chi connectivity index (χ2v) is 3.15. The third-order valence-electron chi connectivity index (χ3n) is 2.17. The summed E-state index contributed by atoms with van der Waals surface area (Å²) in [6.07, 6.45) is 0. The van der Waals surface area contributed by atoms with Crippen LogP contribution in [0, 0.1) is 0 Å². The number of hydrogen-bond acceptors (Lipinski definition) is 4. The van der Waals surface area contributed by atoms with Crippen molar-refractivity contribution in [3.8, 4) is 11.5 Å². The van der Waals surface area contributed by atoms with Crippen molar-refractivity contribution in [3.05, 3.63) is 23.8 Å². The van der Waals surface area contributed by atoms with E-state index in [1.807, 2.05) is 25.1 Å². The maximum Gasteiger partial charge on any atom is 0.165 e. The van der Waals surface area contributed by atoms with Gasteiger partial charge in [-0.2, -0.15) is 0 Å². The number of methoxy groups -OCH3 is 1. The Morgan fingerprint density at radius 3 is 2.67 bits per heavy atom. The van der Waals surface area contributed by atoms with Gasteiger partial charge in [0.25, 0.3) is 0 Å². The van der Waals surface area contributed by atoms with Crippen molar-refractivity contribution in [2.45, 2.75) is 13.0 Å². The number of ether oxygens (including phenoxy) is 2. The summed E-state index contributed by atoms with van der Waals surface area (Å²) in [6, 6.07) is 5.41. The zero-order valence-electron chi connectivity index (χ0n) is 9.19. The Balaban J connectivity index is 3.12. The summed E-state index contributed by atoms with van der Waals surface area (Å²) in [4.78, 5) is 0. The third-order valence-corrected chi connectivity index (χ3v) is 2.17. The second-order valence-electron chi connectivity index (χ2n) is 3.15. The Hall–Kier alpha value is -1.26. The van der Waals surface area contributed by atoms with Crippen LogP contribution in [0.5, 0.6) is 11.5 Å². The molecule has 0 bridgehead atoms. The minimum absolute atomic E-state index is 0.221. The molecule has 0 aliphatic carbocycles. The zero-order chi connectivity index (χ0) is 11.3. The van der Waals surface area contributed by atoms with Crippen LogP contribution in [0.3, 0.4) is 0 Å². The minimum atomic E-state index is -0.221. The van der Waals surface area contributed by atoms with E-state index in [0.717, 1.165) is 5.56 Å². The Kier molecular flexibility index (Phi) is 4.39. The first kappa shape index (κ1) is 11.8. The van der Waals surface area contributed by atoms with Crippen LogP contribution in [0.25, 0.3) is 0 Å². The van der Waals surface area contributed by atoms with E-state index >= 15 is 0 Å². The minimum Gasteiger partial charge on any atom is -0.493 e. The van der Waals surface area contributed by atoms with Gasteiger partial charge in [-0.1, -0.05) is 12.1 Å². The molecule has 0 unspecified atom stereocenters. The van der Waals surface area contributed by atoms with Gasteiger partial charge in [0.05, 0.1) is 13.7 Å². The van der Waals surface area contributed by atoms with Crippen molar-refractivity contribution in [1.82, 2.24) is 0 Å². The molecule has 1 aromatic rings. The average Bonchev–Trinajstić information content (AvgIpc) is 2.28. The molecule has 0 amide bonds. The smallest absolute Gasteiger partial charge is 0.165 e. The fourth-order valence-corrected chi connectivity index (χ4v) is 1.41. The number of benzene rings is 1. The SMILES string of the molecule is CCOc1c(OC)cccc1[C@H](N)CN. The summed E-state index contributed by atoms with van der Waals surface area (Å²) < 4.78 is 10.7. The molecule has 0 saturated carbocycles. The van der Waals surface area contributed by atoms with E-state index in [2.05, 4.69) is 0 Å². The number of rotatable bonds is 5. The standard InChI is InChI=1S/C11H18N2O2/c1-3-15-11-8(9(13)7-12)5-4-6-10(11)14-2/h4-6,9H,3,7,12-13H2,1-2H3/t9-/m1/s1. The highest BCUT2D eigenvalue weighted by atomic mass is 16.5. The number of para-hydroxylation sites is 1. The molecule has 4 heteroatoms. The first-order chi connectivity index (χ1) is 7.24. The van der Waals surface area contributed by atoms with Crippen molar-refractivity contribution < 1.29 is 9.47 Å². The first-order valence-corrected chi connectivity index (χ1v) is 4.99. The Bertz CT molecular complexity index is 315. The third kappa shape index (κ3) is 2.61. The van der Waals surface area contributed by atoms with E-state index in [1.165, 1.54) is 0 Å². The molecule has 0 aliphatic heterocycles. The van der Waals surface area contributed by atoms with Gasteiger partial charge >= 0.3 is 0 Å². The van der Waals surface area contributed by atoms with Crippen molar-refractivity contribution in [2.75, 3.05) is 20.3 Å². The van der Waals surface area contributed by atoms with Crippen molar-refractivity contribution in [2.24, 2.45) is 11.5 Å². The van der Waals surface area contributed by atoms with Crippen LogP contribution in [0.4, 0.5) is 0 Å². The topological polar surface area (TPSA) is 70.5 Å². The van der Waals surface area contributed by atoms with E-state index in [9.17, 15) is 0 Å². The maximum absolute atomic E-state index is 5.89. The van der Waals surface area contributed by atoms with Crippen LogP contribution < -0.4 is 20.9 Å². The quantitative estimate of drug-likeness (QED) is 0.762. The lowest BCUT2D eigenvalue weighted by Gasteiger charge is -2.17. The summed E-state index contributed by atoms with van der Waals surface area (Å²) in [5, 5.41) is 0. The summed E-state index contributed by atoms with van der Waals surface area (Å²) in [7, 11) is 1.61. The molecule has 1 rings (SSSR count). The van der Waals surface area contributed by atoms with Crippen LogP contribution in [0.15, 0.2) is 18.2 Å². The number of hydrogen-bond donors (Lipinski definition) is 2. The molecule has 4 N–H and O–H groups in total. The van der Waals surface area contributed by atoms with E-state index in [0.29, 0.717) is 24.7 Å². The summed E-state index contributed by atoms with van der Waals surface area (Å²) in [5.74, 6) is 1.39. The van der Waals surface area contributed by atoms with Crippen LogP contribution in [0.1, 0.15) is 18.5 Å². The molecule has 0 fully saturated rings. The predicted octanol–water partition coefficient (Wildman–Crippen LogP) is 1.05. The molecule has 0 aliphatic rings. The lowest BCUT2D eigenvalue weighted by Crippen LogP contribution is -2.21. The molecule has 0 heterocycles. The molecule has 15 heavy (non-hydrogen) atoms. The van der Waals surface area contributed by atoms with Gasteiger partial charge < -0.3 is 20.9 Å². The maximum atomic E-state index is 5.89. The number of nitrogens with two attached hydrogens (primary N) is 2. The van der Waals surface area contributed by atoms with Crippen molar-refractivity contribution >= 4 is 0 Å². The van der Waals surface area contributed by atoms with E-state index in [4.69, 9.17) is 20.9 Å². The van der Waals surface area contributed by atoms with Gasteiger partial charge in [-0.25, -0.2) is 0 Å². The summed E-state index contributed by atoms with van der Waals surface area (Å²) >= 11 is 0. The molecule has 1 aromatic carbocycles. The molecule has 0 aromatic heterocycles. The Morgan fingerprint density at radius 2 is 2.13 bits per heavy atom. The van der Waals surface area contributed by atoms with Gasteiger partial charge in [0, 0.05) is 18.2 Å². The zero-order valence-corrected chi connectivity index (χ0v) is 9.19. The monoisotopic (exact) mass is 210 g/mol. The lowest BCUT2D eigenvalue weighted by atomic mass is 10.1. The van der Waals surface area contributed by atoms with Gasteiger partial charge in [-0.3, -0.25) is 0 Å². The predicted molar refractivity (Wildman–Crippen MR) is 60.1 cm³/mol. The fourth-order valence-electron chi connectivity index (χ4n) is 1.41. The van der Waals surface area contributed by atoms with Gasteiger partial charge in [0.2, 0.25) is 0 Å². The van der Waals surface area contributed by atoms with E-state index in [-0.39, 0.29) is 6.04 Å². The molecule has 84 valence electrons. The van der Waals surface area contributed by atoms with Gasteiger partial charge in [0.15, 0.2) is 11.5 Å². The molecule has 4 nitrogen and oxygen atoms in total. The average molecular weight is 210 g/mol. The van der Waals surface area contributed by atoms with Gasteiger partial charge in [0.1, 0.15) is 0 Å². The van der Waals surface area contributed by atoms with Crippen molar-refractivity contribution in [3.63, 3.8) is 0 Å². The molecular formula is C11H18N2O2. The summed E-state index contributed by atoms with van der Waals surface area (Å²) in [5.41, 5.74) is 12.3. The van der Waals surface area contributed by atoms with Gasteiger partial charge in [-0.15, -0.1) is 0 Å². The first-order valence-electron chi connectivity index (χ1n) is 4.99. The van der Waals surface area contributed by atoms with E-state index in [1.54, 1.807) is 7.11 Å². The lowest BCUT2D eigenvalue weighted by molar-refractivity contribution is 0.306. The largest absolute Gasteiger partial charge is 0.493 e. The molecule has 1 atom stereocenters. The van der Waals surface area contributed by atoms with Crippen LogP contribution in [-0.2, 0) is 0 Å². The van der Waals surface area contributed by atoms with E-state index < -0.39 is 0 Å². The molecule has 0 spiro atoms. The molecular weight excluding hydrogens is 192 g/mol. The fraction of sp³-hybridized carbons (Fsp3) is 0.455. The van der Waals surface area contributed by atoms with Crippen LogP contribution in [-0.4, -0.2) is 20.3 Å². The normalized spacial score (nSPS) is 12.3. The van der Waals surface area contributed by atoms with Crippen molar-refractivity contribution in [1.29, 1.82) is 0 Å². The van der Waals surface area contributed by atoms with Crippen LogP contribution >= 0.6 is 0 Å². The summed E-state index contributed by atoms with van der Waals surface area (Å²) in [6.45, 7) is 2.88.